The van der Waals surface area contributed by atoms with Gasteiger partial charge in [0.15, 0.2) is 0 Å². The fourth-order valence-electron chi connectivity index (χ4n) is 3.91. The molecule has 0 aliphatic carbocycles. The van der Waals surface area contributed by atoms with Crippen molar-refractivity contribution in [2.24, 2.45) is 15.2 Å². The Balaban J connectivity index is 0.000000208. The van der Waals surface area contributed by atoms with Gasteiger partial charge in [0.1, 0.15) is 29.6 Å². The molecule has 2 aromatic heterocycles. The van der Waals surface area contributed by atoms with Crippen molar-refractivity contribution < 1.29 is 67.7 Å². The van der Waals surface area contributed by atoms with Gasteiger partial charge in [-0.05, 0) is 54.4 Å². The number of imide groups is 1. The van der Waals surface area contributed by atoms with Crippen molar-refractivity contribution in [3.05, 3.63) is 105 Å². The summed E-state index contributed by atoms with van der Waals surface area (Å²) >= 11 is 0. The van der Waals surface area contributed by atoms with Crippen LogP contribution in [0.5, 0.6) is 0 Å². The first-order valence-corrected chi connectivity index (χ1v) is 13.0. The minimum absolute atomic E-state index is 0. The Morgan fingerprint density at radius 1 is 0.723 bits per heavy atom. The molecule has 0 bridgehead atoms. The molecule has 4 heterocycles. The van der Waals surface area contributed by atoms with Crippen LogP contribution in [0.4, 0.5) is 21.0 Å². The van der Waals surface area contributed by atoms with Crippen LogP contribution in [0.15, 0.2) is 96.8 Å². The van der Waals surface area contributed by atoms with Gasteiger partial charge in [-0.2, -0.15) is 10.2 Å². The van der Waals surface area contributed by atoms with Crippen molar-refractivity contribution >= 4 is 47.7 Å². The molecule has 2 aliphatic rings. The van der Waals surface area contributed by atoms with Gasteiger partial charge in [0.05, 0.1) is 28.8 Å². The third kappa shape index (κ3) is 8.60. The predicted octanol–water partition coefficient (Wildman–Crippen LogP) is 0.128. The van der Waals surface area contributed by atoms with Crippen LogP contribution >= 0.6 is 0 Å². The molecule has 0 unspecified atom stereocenters. The molecular weight excluding hydrogens is 631 g/mol. The van der Waals surface area contributed by atoms with E-state index in [1.807, 2.05) is 0 Å². The summed E-state index contributed by atoms with van der Waals surface area (Å²) in [6, 6.07) is 17.1. The molecule has 4 aromatic rings. The maximum atomic E-state index is 11.3. The maximum absolute atomic E-state index is 11.3. The zero-order valence-electron chi connectivity index (χ0n) is 24.2. The second-order valence-corrected chi connectivity index (χ2v) is 9.26. The number of benzene rings is 2. The Hall–Kier alpha value is -5.98. The number of urea groups is 2. The number of hydrazone groups is 2. The minimum atomic E-state index is -0.714. The predicted molar refractivity (Wildman–Crippen MR) is 157 cm³/mol. The van der Waals surface area contributed by atoms with E-state index in [0.29, 0.717) is 34.2 Å². The molecule has 2 aliphatic heterocycles. The van der Waals surface area contributed by atoms with E-state index >= 15 is 0 Å². The Morgan fingerprint density at radius 3 is 1.57 bits per heavy atom. The van der Waals surface area contributed by atoms with Gasteiger partial charge >= 0.3 is 41.6 Å². The van der Waals surface area contributed by atoms with Gasteiger partial charge < -0.3 is 13.9 Å². The average Bonchev–Trinajstić information content (AvgIpc) is 3.83. The number of nitro benzene ring substituents is 2. The Morgan fingerprint density at radius 2 is 1.19 bits per heavy atom. The number of hydrogen-bond acceptors (Lipinski definition) is 12. The first kappa shape index (κ1) is 33.9. The van der Waals surface area contributed by atoms with Crippen molar-refractivity contribution in [2.45, 2.75) is 0 Å². The summed E-state index contributed by atoms with van der Waals surface area (Å²) in [7, 11) is 0. The number of non-ortho nitro benzene ring substituents is 2. The van der Waals surface area contributed by atoms with E-state index in [0.717, 1.165) is 10.0 Å². The van der Waals surface area contributed by atoms with Crippen LogP contribution in [0.1, 0.15) is 11.5 Å². The molecule has 0 radical (unpaired) electrons. The van der Waals surface area contributed by atoms with Crippen molar-refractivity contribution in [1.82, 2.24) is 15.3 Å². The van der Waals surface area contributed by atoms with Gasteiger partial charge in [-0.1, -0.05) is 0 Å². The number of nitrogens with zero attached hydrogens (tertiary/aromatic N) is 7. The van der Waals surface area contributed by atoms with Gasteiger partial charge in [-0.3, -0.25) is 30.3 Å². The molecule has 1 N–H and O–H groups in total. The molecule has 1 fully saturated rings. The topological polar surface area (TPSA) is 242 Å². The third-order valence-electron chi connectivity index (χ3n) is 6.13. The van der Waals surface area contributed by atoms with Crippen LogP contribution in [0, 0.1) is 20.2 Å². The maximum Gasteiger partial charge on any atom is 1.00 e. The number of nitrogens with one attached hydrogen (secondary N) is 1. The first-order valence-electron chi connectivity index (χ1n) is 13.0. The van der Waals surface area contributed by atoms with E-state index in [9.17, 15) is 39.7 Å². The summed E-state index contributed by atoms with van der Waals surface area (Å²) in [5, 5.41) is 43.9. The van der Waals surface area contributed by atoms with E-state index in [4.69, 9.17) is 8.83 Å². The number of aliphatic imine (C=N–C) groups is 1. The summed E-state index contributed by atoms with van der Waals surface area (Å²) in [4.78, 5) is 57.1. The van der Waals surface area contributed by atoms with Crippen LogP contribution < -0.4 is 40.0 Å². The van der Waals surface area contributed by atoms with Crippen LogP contribution in [-0.2, 0) is 4.79 Å². The summed E-state index contributed by atoms with van der Waals surface area (Å²) in [5.41, 5.74) is 1.32. The molecule has 47 heavy (non-hydrogen) atoms. The van der Waals surface area contributed by atoms with Gasteiger partial charge in [0.2, 0.25) is 5.91 Å². The zero-order chi connectivity index (χ0) is 32.8. The number of hydrogen-bond donors (Lipinski definition) is 1. The summed E-state index contributed by atoms with van der Waals surface area (Å²) in [6.45, 7) is -0.323. The normalized spacial score (nSPS) is 14.2. The Bertz CT molecular complexity index is 1920. The van der Waals surface area contributed by atoms with Crippen LogP contribution in [0.25, 0.3) is 22.6 Å². The molecule has 2 aromatic carbocycles. The second-order valence-electron chi connectivity index (χ2n) is 9.26. The molecule has 19 heteroatoms. The number of carbonyl (C=O) groups excluding carboxylic acids is 3. The molecular formula is C28H19N8NaO10. The quantitative estimate of drug-likeness (QED) is 0.0888. The van der Waals surface area contributed by atoms with Crippen LogP contribution in [-0.4, -0.2) is 69.3 Å². The number of amides is 5. The molecule has 18 nitrogen and oxygen atoms in total. The van der Waals surface area contributed by atoms with Crippen molar-refractivity contribution in [3.8, 4) is 22.6 Å². The smallest absolute Gasteiger partial charge is 0.860 e. The van der Waals surface area contributed by atoms with Crippen molar-refractivity contribution in [2.75, 3.05) is 13.1 Å². The molecule has 5 amide bonds. The fraction of sp³-hybridized carbons (Fsp3) is 0.0714. The van der Waals surface area contributed by atoms with Crippen LogP contribution in [0.3, 0.4) is 0 Å². The SMILES string of the molecule is O=C1CN(N=Cc2ccc(-c3ccc([N+](=O)[O-])cc3)o2)C(=O)N1.O=C1N=C([O-])CN1N=Cc1ccc(-c2ccc([N+](=O)[O-])cc2)o1.[Na+]. The number of nitro groups is 2. The first-order chi connectivity index (χ1) is 22.0. The summed E-state index contributed by atoms with van der Waals surface area (Å²) in [6.07, 6.45) is 2.61. The van der Waals surface area contributed by atoms with Crippen LogP contribution in [0.2, 0.25) is 0 Å². The molecule has 0 saturated carbocycles. The standard InChI is InChI=1S/2C14H10N4O5.Na/c2*19-13-8-17(14(20)16-13)15-7-11-5-6-12(23-11)9-1-3-10(4-2-9)18(21)22;/h2*1-7H,8H2,(H,16,19,20);/q;;+1/p-1. The summed E-state index contributed by atoms with van der Waals surface area (Å²) < 4.78 is 11.0. The van der Waals surface area contributed by atoms with Crippen molar-refractivity contribution in [3.63, 3.8) is 0 Å². The molecule has 0 atom stereocenters. The molecule has 6 rings (SSSR count). The largest absolute Gasteiger partial charge is 1.00 e. The second kappa shape index (κ2) is 14.9. The van der Waals surface area contributed by atoms with E-state index < -0.39 is 33.7 Å². The average molecular weight is 650 g/mol. The molecule has 232 valence electrons. The number of rotatable bonds is 8. The fourth-order valence-corrected chi connectivity index (χ4v) is 3.91. The van der Waals surface area contributed by atoms with Gasteiger partial charge in [0.25, 0.3) is 11.4 Å². The Kier molecular flexibility index (Phi) is 10.7. The van der Waals surface area contributed by atoms with E-state index in [1.54, 1.807) is 48.5 Å². The number of carbonyl (C=O) groups is 3. The van der Waals surface area contributed by atoms with Gasteiger partial charge in [-0.25, -0.2) is 24.6 Å². The van der Waals surface area contributed by atoms with E-state index in [1.165, 1.54) is 36.7 Å². The van der Waals surface area contributed by atoms with E-state index in [-0.39, 0.29) is 54.0 Å². The van der Waals surface area contributed by atoms with Gasteiger partial charge in [-0.15, -0.1) is 0 Å². The third-order valence-corrected chi connectivity index (χ3v) is 6.13. The molecule has 1 saturated heterocycles. The van der Waals surface area contributed by atoms with Crippen molar-refractivity contribution in [1.29, 1.82) is 0 Å². The minimum Gasteiger partial charge on any atom is -0.860 e. The van der Waals surface area contributed by atoms with Gasteiger partial charge in [0, 0.05) is 35.4 Å². The number of furan rings is 2. The summed E-state index contributed by atoms with van der Waals surface area (Å²) in [5.74, 6) is 0.783. The molecule has 0 spiro atoms. The zero-order valence-corrected chi connectivity index (χ0v) is 26.2. The monoisotopic (exact) mass is 650 g/mol. The van der Waals surface area contributed by atoms with E-state index in [2.05, 4.69) is 20.5 Å². The Labute approximate surface area is 285 Å².